The van der Waals surface area contributed by atoms with Crippen molar-refractivity contribution in [1.82, 2.24) is 5.32 Å². The second kappa shape index (κ2) is 8.11. The van der Waals surface area contributed by atoms with Crippen molar-refractivity contribution >= 4 is 11.9 Å². The molecule has 0 radical (unpaired) electrons. The molecule has 5 heteroatoms. The summed E-state index contributed by atoms with van der Waals surface area (Å²) in [7, 11) is 0. The fourth-order valence-corrected chi connectivity index (χ4v) is 2.72. The van der Waals surface area contributed by atoms with Gasteiger partial charge in [0.25, 0.3) is 0 Å². The van der Waals surface area contributed by atoms with Crippen molar-refractivity contribution in [3.05, 3.63) is 35.4 Å². The van der Waals surface area contributed by atoms with Crippen LogP contribution in [0.4, 0.5) is 0 Å². The highest BCUT2D eigenvalue weighted by Gasteiger charge is 2.30. The van der Waals surface area contributed by atoms with E-state index in [4.69, 9.17) is 9.84 Å². The van der Waals surface area contributed by atoms with E-state index in [9.17, 15) is 9.59 Å². The Morgan fingerprint density at radius 1 is 1.39 bits per heavy atom. The predicted octanol–water partition coefficient (Wildman–Crippen LogP) is 2.70. The molecule has 1 aliphatic heterocycles. The van der Waals surface area contributed by atoms with Crippen LogP contribution in [0.25, 0.3) is 0 Å². The SMILES string of the molecule is CC(C)c1cccc(CNC(=O)CC[C@@H]2C[C@H](C(=O)O)CO2)c1. The zero-order valence-corrected chi connectivity index (χ0v) is 13.7. The van der Waals surface area contributed by atoms with Crippen LogP contribution in [0.1, 0.15) is 50.2 Å². The van der Waals surface area contributed by atoms with Crippen LogP contribution in [0.3, 0.4) is 0 Å². The molecule has 1 aromatic rings. The summed E-state index contributed by atoms with van der Waals surface area (Å²) in [5, 5.41) is 11.8. The zero-order valence-electron chi connectivity index (χ0n) is 13.7. The van der Waals surface area contributed by atoms with Gasteiger partial charge in [0.15, 0.2) is 0 Å². The van der Waals surface area contributed by atoms with Crippen LogP contribution in [0, 0.1) is 5.92 Å². The number of carbonyl (C=O) groups excluding carboxylic acids is 1. The second-order valence-electron chi connectivity index (χ2n) is 6.44. The lowest BCUT2D eigenvalue weighted by Crippen LogP contribution is -2.24. The third kappa shape index (κ3) is 5.36. The number of hydrogen-bond acceptors (Lipinski definition) is 3. The molecule has 23 heavy (non-hydrogen) atoms. The molecule has 2 atom stereocenters. The van der Waals surface area contributed by atoms with Crippen LogP contribution < -0.4 is 5.32 Å². The van der Waals surface area contributed by atoms with E-state index in [-0.39, 0.29) is 18.6 Å². The summed E-state index contributed by atoms with van der Waals surface area (Å²) in [6.07, 6.45) is 1.31. The maximum absolute atomic E-state index is 11.9. The number of aliphatic carboxylic acids is 1. The lowest BCUT2D eigenvalue weighted by atomic mass is 10.0. The standard InChI is InChI=1S/C18H25NO4/c1-12(2)14-5-3-4-13(8-14)10-19-17(20)7-6-16-9-15(11-23-16)18(21)22/h3-5,8,12,15-16H,6-7,9-11H2,1-2H3,(H,19,20)(H,21,22)/t15-,16+/m0/s1. The Labute approximate surface area is 137 Å². The highest BCUT2D eigenvalue weighted by Crippen LogP contribution is 2.23. The van der Waals surface area contributed by atoms with Crippen molar-refractivity contribution < 1.29 is 19.4 Å². The Bertz CT molecular complexity index is 556. The van der Waals surface area contributed by atoms with Gasteiger partial charge in [0.1, 0.15) is 0 Å². The van der Waals surface area contributed by atoms with Crippen LogP contribution in [-0.4, -0.2) is 29.7 Å². The average molecular weight is 319 g/mol. The fraction of sp³-hybridized carbons (Fsp3) is 0.556. The summed E-state index contributed by atoms with van der Waals surface area (Å²) in [6.45, 7) is 5.06. The molecule has 1 fully saturated rings. The molecule has 0 aromatic heterocycles. The lowest BCUT2D eigenvalue weighted by molar-refractivity contribution is -0.141. The molecular formula is C18H25NO4. The molecule has 5 nitrogen and oxygen atoms in total. The fourth-order valence-electron chi connectivity index (χ4n) is 2.72. The van der Waals surface area contributed by atoms with Crippen LogP contribution in [0.2, 0.25) is 0 Å². The van der Waals surface area contributed by atoms with Crippen molar-refractivity contribution in [2.45, 2.75) is 51.7 Å². The Morgan fingerprint density at radius 2 is 2.17 bits per heavy atom. The Hall–Kier alpha value is -1.88. The average Bonchev–Trinajstić information content (AvgIpc) is 3.00. The van der Waals surface area contributed by atoms with Crippen LogP contribution >= 0.6 is 0 Å². The van der Waals surface area contributed by atoms with E-state index >= 15 is 0 Å². The minimum absolute atomic E-state index is 0.0256. The van der Waals surface area contributed by atoms with Crippen molar-refractivity contribution in [3.8, 4) is 0 Å². The number of nitrogens with one attached hydrogen (secondary N) is 1. The van der Waals surface area contributed by atoms with E-state index in [1.165, 1.54) is 5.56 Å². The van der Waals surface area contributed by atoms with Crippen LogP contribution in [-0.2, 0) is 20.9 Å². The first-order valence-corrected chi connectivity index (χ1v) is 8.15. The number of carboxylic acid groups (broad SMARTS) is 1. The molecule has 0 unspecified atom stereocenters. The smallest absolute Gasteiger partial charge is 0.308 e. The van der Waals surface area contributed by atoms with Gasteiger partial charge in [-0.3, -0.25) is 9.59 Å². The van der Waals surface area contributed by atoms with Gasteiger partial charge in [-0.05, 0) is 29.9 Å². The number of rotatable bonds is 7. The maximum Gasteiger partial charge on any atom is 0.308 e. The van der Waals surface area contributed by atoms with Crippen molar-refractivity contribution in [2.75, 3.05) is 6.61 Å². The quantitative estimate of drug-likeness (QED) is 0.810. The van der Waals surface area contributed by atoms with Gasteiger partial charge in [0, 0.05) is 13.0 Å². The molecule has 1 saturated heterocycles. The zero-order chi connectivity index (χ0) is 16.8. The highest BCUT2D eigenvalue weighted by atomic mass is 16.5. The monoisotopic (exact) mass is 319 g/mol. The number of carbonyl (C=O) groups is 2. The number of hydrogen-bond donors (Lipinski definition) is 2. The minimum Gasteiger partial charge on any atom is -0.481 e. The number of carboxylic acids is 1. The van der Waals surface area contributed by atoms with Gasteiger partial charge in [-0.2, -0.15) is 0 Å². The predicted molar refractivity (Wildman–Crippen MR) is 87.1 cm³/mol. The van der Waals surface area contributed by atoms with Crippen LogP contribution in [0.15, 0.2) is 24.3 Å². The molecule has 1 aliphatic rings. The van der Waals surface area contributed by atoms with Gasteiger partial charge in [0.2, 0.25) is 5.91 Å². The van der Waals surface area contributed by atoms with E-state index in [1.807, 2.05) is 12.1 Å². The molecule has 0 aliphatic carbocycles. The summed E-state index contributed by atoms with van der Waals surface area (Å²) in [5.74, 6) is -0.807. The summed E-state index contributed by atoms with van der Waals surface area (Å²) in [5.41, 5.74) is 2.35. The molecule has 1 heterocycles. The van der Waals surface area contributed by atoms with Crippen LogP contribution in [0.5, 0.6) is 0 Å². The van der Waals surface area contributed by atoms with E-state index < -0.39 is 11.9 Å². The Kier molecular flexibility index (Phi) is 6.16. The van der Waals surface area contributed by atoms with Crippen molar-refractivity contribution in [1.29, 1.82) is 0 Å². The van der Waals surface area contributed by atoms with Gasteiger partial charge in [-0.1, -0.05) is 38.1 Å². The van der Waals surface area contributed by atoms with Crippen molar-refractivity contribution in [3.63, 3.8) is 0 Å². The third-order valence-corrected chi connectivity index (χ3v) is 4.23. The van der Waals surface area contributed by atoms with Crippen molar-refractivity contribution in [2.24, 2.45) is 5.92 Å². The summed E-state index contributed by atoms with van der Waals surface area (Å²) in [6, 6.07) is 8.22. The first kappa shape index (κ1) is 17.5. The number of ether oxygens (including phenoxy) is 1. The topological polar surface area (TPSA) is 75.6 Å². The lowest BCUT2D eigenvalue weighted by Gasteiger charge is -2.11. The molecule has 2 rings (SSSR count). The first-order chi connectivity index (χ1) is 11.0. The van der Waals surface area contributed by atoms with Gasteiger partial charge in [-0.15, -0.1) is 0 Å². The number of benzene rings is 1. The normalized spacial score (nSPS) is 20.7. The third-order valence-electron chi connectivity index (χ3n) is 4.23. The van der Waals surface area contributed by atoms with E-state index in [1.54, 1.807) is 0 Å². The molecule has 1 aromatic carbocycles. The summed E-state index contributed by atoms with van der Waals surface area (Å²) in [4.78, 5) is 22.8. The Balaban J connectivity index is 1.71. The van der Waals surface area contributed by atoms with E-state index in [0.717, 1.165) is 5.56 Å². The summed E-state index contributed by atoms with van der Waals surface area (Å²) < 4.78 is 5.42. The number of amides is 1. The van der Waals surface area contributed by atoms with E-state index in [0.29, 0.717) is 31.7 Å². The Morgan fingerprint density at radius 3 is 2.83 bits per heavy atom. The largest absolute Gasteiger partial charge is 0.481 e. The molecule has 0 spiro atoms. The maximum atomic E-state index is 11.9. The molecular weight excluding hydrogens is 294 g/mol. The minimum atomic E-state index is -0.818. The second-order valence-corrected chi connectivity index (χ2v) is 6.44. The molecule has 2 N–H and O–H groups in total. The first-order valence-electron chi connectivity index (χ1n) is 8.15. The molecule has 0 saturated carbocycles. The van der Waals surface area contributed by atoms with E-state index in [2.05, 4.69) is 31.3 Å². The highest BCUT2D eigenvalue weighted by molar-refractivity contribution is 5.76. The molecule has 126 valence electrons. The molecule has 0 bridgehead atoms. The van der Waals surface area contributed by atoms with Gasteiger partial charge in [-0.25, -0.2) is 0 Å². The molecule has 1 amide bonds. The van der Waals surface area contributed by atoms with Gasteiger partial charge < -0.3 is 15.2 Å². The van der Waals surface area contributed by atoms with Gasteiger partial charge >= 0.3 is 5.97 Å². The van der Waals surface area contributed by atoms with Gasteiger partial charge in [0.05, 0.1) is 18.6 Å². The summed E-state index contributed by atoms with van der Waals surface area (Å²) >= 11 is 0.